The summed E-state index contributed by atoms with van der Waals surface area (Å²) < 4.78 is 15.8. The maximum Gasteiger partial charge on any atom is 0.183 e. The average Bonchev–Trinajstić information content (AvgIpc) is 2.37. The van der Waals surface area contributed by atoms with Crippen LogP contribution in [0, 0.1) is 5.41 Å². The van der Waals surface area contributed by atoms with Crippen molar-refractivity contribution in [3.63, 3.8) is 0 Å². The van der Waals surface area contributed by atoms with Gasteiger partial charge in [-0.1, -0.05) is 32.9 Å². The zero-order chi connectivity index (χ0) is 14.5. The number of benzene rings is 1. The van der Waals surface area contributed by atoms with Crippen molar-refractivity contribution in [2.45, 2.75) is 27.1 Å². The molecule has 19 heavy (non-hydrogen) atoms. The maximum absolute atomic E-state index is 11.7. The van der Waals surface area contributed by atoms with Gasteiger partial charge in [0.05, 0.1) is 0 Å². The minimum Gasteiger partial charge on any atom is -0.486 e. The minimum atomic E-state index is -0.384. The molecule has 0 bridgehead atoms. The van der Waals surface area contributed by atoms with Crippen molar-refractivity contribution in [2.24, 2.45) is 5.41 Å². The molecule has 4 nitrogen and oxygen atoms in total. The molecule has 0 radical (unpaired) electrons. The van der Waals surface area contributed by atoms with Gasteiger partial charge in [-0.25, -0.2) is 0 Å². The molecule has 0 N–H and O–H groups in total. The van der Waals surface area contributed by atoms with Gasteiger partial charge in [0, 0.05) is 25.2 Å². The van der Waals surface area contributed by atoms with Crippen LogP contribution in [-0.4, -0.2) is 26.6 Å². The summed E-state index contributed by atoms with van der Waals surface area (Å²) in [5.41, 5.74) is 0.524. The topological polar surface area (TPSA) is 44.8 Å². The molecule has 0 aliphatic heterocycles. The number of ether oxygens (including phenoxy) is 3. The molecule has 0 amide bonds. The number of carbonyl (C=O) groups excluding carboxylic acids is 1. The highest BCUT2D eigenvalue weighted by atomic mass is 16.7. The quantitative estimate of drug-likeness (QED) is 0.743. The Kier molecular flexibility index (Phi) is 5.51. The number of Topliss-reactive ketones (excluding diaryl/α,β-unsaturated/α-hetero) is 1. The third-order valence-corrected chi connectivity index (χ3v) is 2.79. The summed E-state index contributed by atoms with van der Waals surface area (Å²) in [5.74, 6) is 0.732. The molecule has 0 aliphatic carbocycles. The molecule has 0 saturated heterocycles. The molecule has 106 valence electrons. The molecule has 1 aromatic carbocycles. The molecule has 4 heteroatoms. The SMILES string of the molecule is COC(OC)c1ccc(OCC(=O)C(C)(C)C)cc1. The van der Waals surface area contributed by atoms with Crippen LogP contribution in [0.15, 0.2) is 24.3 Å². The van der Waals surface area contributed by atoms with Crippen LogP contribution in [0.25, 0.3) is 0 Å². The van der Waals surface area contributed by atoms with E-state index in [0.29, 0.717) is 5.75 Å². The third-order valence-electron chi connectivity index (χ3n) is 2.79. The minimum absolute atomic E-state index is 0.0724. The van der Waals surface area contributed by atoms with Crippen molar-refractivity contribution >= 4 is 5.78 Å². The van der Waals surface area contributed by atoms with E-state index in [2.05, 4.69) is 0 Å². The predicted molar refractivity (Wildman–Crippen MR) is 73.2 cm³/mol. The van der Waals surface area contributed by atoms with Gasteiger partial charge in [-0.15, -0.1) is 0 Å². The van der Waals surface area contributed by atoms with Crippen molar-refractivity contribution in [3.8, 4) is 5.75 Å². The summed E-state index contributed by atoms with van der Waals surface area (Å²) in [6.07, 6.45) is -0.384. The van der Waals surface area contributed by atoms with E-state index in [-0.39, 0.29) is 24.1 Å². The lowest BCUT2D eigenvalue weighted by Gasteiger charge is -2.17. The van der Waals surface area contributed by atoms with Gasteiger partial charge in [0.25, 0.3) is 0 Å². The van der Waals surface area contributed by atoms with Crippen LogP contribution in [0.1, 0.15) is 32.6 Å². The Bertz CT molecular complexity index is 399. The molecule has 0 fully saturated rings. The highest BCUT2D eigenvalue weighted by molar-refractivity contribution is 5.85. The normalized spacial score (nSPS) is 11.7. The first-order chi connectivity index (χ1) is 8.88. The van der Waals surface area contributed by atoms with Crippen molar-refractivity contribution < 1.29 is 19.0 Å². The zero-order valence-electron chi connectivity index (χ0n) is 12.2. The standard InChI is InChI=1S/C15H22O4/c1-15(2,3)13(16)10-19-12-8-6-11(7-9-12)14(17-4)18-5/h6-9,14H,10H2,1-5H3. The highest BCUT2D eigenvalue weighted by Gasteiger charge is 2.21. The smallest absolute Gasteiger partial charge is 0.183 e. The molecule has 0 spiro atoms. The second kappa shape index (κ2) is 6.68. The van der Waals surface area contributed by atoms with Gasteiger partial charge in [0.1, 0.15) is 12.4 Å². The van der Waals surface area contributed by atoms with E-state index >= 15 is 0 Å². The molecule has 1 rings (SSSR count). The first-order valence-corrected chi connectivity index (χ1v) is 6.20. The molecule has 0 unspecified atom stereocenters. The summed E-state index contributed by atoms with van der Waals surface area (Å²) >= 11 is 0. The maximum atomic E-state index is 11.7. The summed E-state index contributed by atoms with van der Waals surface area (Å²) in [5, 5.41) is 0. The summed E-state index contributed by atoms with van der Waals surface area (Å²) in [6, 6.07) is 7.32. The van der Waals surface area contributed by atoms with Gasteiger partial charge in [-0.2, -0.15) is 0 Å². The predicted octanol–water partition coefficient (Wildman–Crippen LogP) is 2.97. The molecule has 0 atom stereocenters. The fourth-order valence-electron chi connectivity index (χ4n) is 1.45. The fourth-order valence-corrected chi connectivity index (χ4v) is 1.45. The summed E-state index contributed by atoms with van der Waals surface area (Å²) in [6.45, 7) is 5.72. The van der Waals surface area contributed by atoms with Crippen molar-refractivity contribution in [3.05, 3.63) is 29.8 Å². The van der Waals surface area contributed by atoms with E-state index in [1.165, 1.54) is 0 Å². The molecule has 0 saturated carbocycles. The van der Waals surface area contributed by atoms with E-state index in [4.69, 9.17) is 14.2 Å². The zero-order valence-corrected chi connectivity index (χ0v) is 12.2. The molecule has 0 aromatic heterocycles. The van der Waals surface area contributed by atoms with Crippen LogP contribution in [0.3, 0.4) is 0 Å². The van der Waals surface area contributed by atoms with Gasteiger partial charge in [0.2, 0.25) is 0 Å². The number of ketones is 1. The van der Waals surface area contributed by atoms with E-state index in [0.717, 1.165) is 5.56 Å². The Balaban J connectivity index is 2.60. The Hall–Kier alpha value is -1.39. The second-order valence-corrected chi connectivity index (χ2v) is 5.33. The Morgan fingerprint density at radius 3 is 2.05 bits per heavy atom. The second-order valence-electron chi connectivity index (χ2n) is 5.33. The molecule has 0 heterocycles. The number of rotatable bonds is 6. The van der Waals surface area contributed by atoms with Crippen LogP contribution >= 0.6 is 0 Å². The Morgan fingerprint density at radius 2 is 1.63 bits per heavy atom. The monoisotopic (exact) mass is 266 g/mol. The van der Waals surface area contributed by atoms with Crippen molar-refractivity contribution in [1.29, 1.82) is 0 Å². The first-order valence-electron chi connectivity index (χ1n) is 6.20. The van der Waals surface area contributed by atoms with Gasteiger partial charge in [-0.05, 0) is 12.1 Å². The van der Waals surface area contributed by atoms with Crippen LogP contribution in [0.5, 0.6) is 5.75 Å². The van der Waals surface area contributed by atoms with Crippen LogP contribution in [0.4, 0.5) is 0 Å². The number of hydrogen-bond acceptors (Lipinski definition) is 4. The Morgan fingerprint density at radius 1 is 1.11 bits per heavy atom. The number of hydrogen-bond donors (Lipinski definition) is 0. The number of carbonyl (C=O) groups is 1. The van der Waals surface area contributed by atoms with Gasteiger partial charge >= 0.3 is 0 Å². The van der Waals surface area contributed by atoms with E-state index in [1.807, 2.05) is 32.9 Å². The highest BCUT2D eigenvalue weighted by Crippen LogP contribution is 2.21. The largest absolute Gasteiger partial charge is 0.486 e. The summed E-state index contributed by atoms with van der Waals surface area (Å²) in [7, 11) is 3.17. The lowest BCUT2D eigenvalue weighted by molar-refractivity contribution is -0.128. The lowest BCUT2D eigenvalue weighted by Crippen LogP contribution is -2.26. The summed E-state index contributed by atoms with van der Waals surface area (Å²) in [4.78, 5) is 11.7. The van der Waals surface area contributed by atoms with Gasteiger partial charge in [-0.3, -0.25) is 4.79 Å². The van der Waals surface area contributed by atoms with E-state index in [1.54, 1.807) is 26.4 Å². The van der Waals surface area contributed by atoms with Gasteiger partial charge in [0.15, 0.2) is 12.1 Å². The third kappa shape index (κ3) is 4.65. The molecule has 0 aliphatic rings. The van der Waals surface area contributed by atoms with E-state index in [9.17, 15) is 4.79 Å². The molecule has 1 aromatic rings. The number of methoxy groups -OCH3 is 2. The lowest BCUT2D eigenvalue weighted by atomic mass is 9.91. The van der Waals surface area contributed by atoms with Crippen LogP contribution in [-0.2, 0) is 14.3 Å². The Labute approximate surface area is 114 Å². The van der Waals surface area contributed by atoms with Gasteiger partial charge < -0.3 is 14.2 Å². The molecular weight excluding hydrogens is 244 g/mol. The van der Waals surface area contributed by atoms with Crippen LogP contribution < -0.4 is 4.74 Å². The van der Waals surface area contributed by atoms with E-state index < -0.39 is 0 Å². The average molecular weight is 266 g/mol. The fraction of sp³-hybridized carbons (Fsp3) is 0.533. The first kappa shape index (κ1) is 15.7. The van der Waals surface area contributed by atoms with Crippen LogP contribution in [0.2, 0.25) is 0 Å². The molecular formula is C15H22O4. The van der Waals surface area contributed by atoms with Crippen molar-refractivity contribution in [1.82, 2.24) is 0 Å². The van der Waals surface area contributed by atoms with Crippen molar-refractivity contribution in [2.75, 3.05) is 20.8 Å².